The first kappa shape index (κ1) is 24.0. The molecule has 3 aromatic rings. The minimum Gasteiger partial charge on any atom is -0.505 e. The van der Waals surface area contributed by atoms with Crippen LogP contribution in [-0.4, -0.2) is 37.4 Å². The summed E-state index contributed by atoms with van der Waals surface area (Å²) in [6.45, 7) is 2.86. The van der Waals surface area contributed by atoms with Gasteiger partial charge in [-0.15, -0.1) is 0 Å². The van der Waals surface area contributed by atoms with Gasteiger partial charge in [-0.3, -0.25) is 9.52 Å². The molecule has 3 aromatic carbocycles. The van der Waals surface area contributed by atoms with Crippen LogP contribution in [0.25, 0.3) is 11.1 Å². The number of sulfonamides is 1. The summed E-state index contributed by atoms with van der Waals surface area (Å²) >= 11 is 6.01. The minimum atomic E-state index is -4.61. The monoisotopic (exact) mass is 506 g/mol. The Hall–Kier alpha value is -3.17. The van der Waals surface area contributed by atoms with E-state index in [2.05, 4.69) is 0 Å². The van der Waals surface area contributed by atoms with Gasteiger partial charge in [0.15, 0.2) is 5.75 Å². The lowest BCUT2D eigenvalue weighted by Gasteiger charge is -2.17. The highest BCUT2D eigenvalue weighted by Crippen LogP contribution is 2.36. The first-order chi connectivity index (χ1) is 16.1. The molecule has 6 nitrogen and oxygen atoms in total. The minimum absolute atomic E-state index is 0.0111. The maximum Gasteiger partial charge on any atom is 0.265 e. The molecule has 0 radical (unpaired) electrons. The molecule has 0 unspecified atom stereocenters. The van der Waals surface area contributed by atoms with E-state index in [1.54, 1.807) is 36.1 Å². The highest BCUT2D eigenvalue weighted by molar-refractivity contribution is 7.92. The van der Waals surface area contributed by atoms with Gasteiger partial charge in [0.25, 0.3) is 15.9 Å². The van der Waals surface area contributed by atoms with Crippen LogP contribution in [0, 0.1) is 18.6 Å². The van der Waals surface area contributed by atoms with Crippen molar-refractivity contribution in [3.63, 3.8) is 0 Å². The van der Waals surface area contributed by atoms with E-state index in [-0.39, 0.29) is 16.1 Å². The number of phenolic OH excluding ortho intramolecular Hbond substituents is 1. The largest absolute Gasteiger partial charge is 0.505 e. The van der Waals surface area contributed by atoms with Crippen molar-refractivity contribution in [2.24, 2.45) is 0 Å². The van der Waals surface area contributed by atoms with Gasteiger partial charge in [-0.25, -0.2) is 17.2 Å². The second kappa shape index (κ2) is 9.23. The molecule has 2 N–H and O–H groups in total. The van der Waals surface area contributed by atoms with Gasteiger partial charge in [0.1, 0.15) is 16.5 Å². The summed E-state index contributed by atoms with van der Waals surface area (Å²) in [5.41, 5.74) is 0.710. The van der Waals surface area contributed by atoms with Crippen LogP contribution in [0.1, 0.15) is 28.8 Å². The highest BCUT2D eigenvalue weighted by atomic mass is 35.5. The summed E-state index contributed by atoms with van der Waals surface area (Å²) in [6, 6.07) is 10.6. The molecule has 1 fully saturated rings. The normalized spacial score (nSPS) is 13.8. The molecule has 1 aliphatic heterocycles. The number of aromatic hydroxyl groups is 1. The molecule has 1 saturated heterocycles. The molecule has 0 saturated carbocycles. The van der Waals surface area contributed by atoms with Gasteiger partial charge < -0.3 is 10.0 Å². The van der Waals surface area contributed by atoms with Crippen molar-refractivity contribution in [1.29, 1.82) is 0 Å². The summed E-state index contributed by atoms with van der Waals surface area (Å²) in [7, 11) is -4.61. The van der Waals surface area contributed by atoms with E-state index in [4.69, 9.17) is 11.6 Å². The molecule has 178 valence electrons. The van der Waals surface area contributed by atoms with Crippen LogP contribution in [0.3, 0.4) is 0 Å². The number of nitrogens with one attached hydrogen (secondary N) is 1. The van der Waals surface area contributed by atoms with Gasteiger partial charge in [-0.05, 0) is 43.5 Å². The van der Waals surface area contributed by atoms with Crippen molar-refractivity contribution in [3.05, 3.63) is 76.3 Å². The zero-order valence-electron chi connectivity index (χ0n) is 18.1. The quantitative estimate of drug-likeness (QED) is 0.489. The molecular weight excluding hydrogens is 486 g/mol. The predicted molar refractivity (Wildman–Crippen MR) is 126 cm³/mol. The molecule has 34 heavy (non-hydrogen) atoms. The zero-order chi connectivity index (χ0) is 24.6. The second-order valence-corrected chi connectivity index (χ2v) is 10.1. The second-order valence-electron chi connectivity index (χ2n) is 8.09. The molecule has 1 amide bonds. The van der Waals surface area contributed by atoms with Crippen molar-refractivity contribution >= 4 is 33.2 Å². The van der Waals surface area contributed by atoms with Crippen molar-refractivity contribution in [2.45, 2.75) is 24.7 Å². The number of hydrogen-bond acceptors (Lipinski definition) is 4. The van der Waals surface area contributed by atoms with Crippen molar-refractivity contribution in [1.82, 2.24) is 4.90 Å². The lowest BCUT2D eigenvalue weighted by atomic mass is 10.0. The molecule has 1 heterocycles. The Morgan fingerprint density at radius 1 is 1.06 bits per heavy atom. The predicted octanol–water partition coefficient (Wildman–Crippen LogP) is 5.34. The topological polar surface area (TPSA) is 86.7 Å². The van der Waals surface area contributed by atoms with Gasteiger partial charge in [0.05, 0.1) is 10.7 Å². The van der Waals surface area contributed by atoms with E-state index < -0.39 is 43.9 Å². The average molecular weight is 507 g/mol. The number of phenols is 1. The fourth-order valence-corrected chi connectivity index (χ4v) is 5.34. The fourth-order valence-electron chi connectivity index (χ4n) is 3.87. The number of nitrogens with zero attached hydrogens (tertiary/aromatic N) is 1. The molecule has 1 aliphatic rings. The number of carbonyl (C=O) groups is 1. The van der Waals surface area contributed by atoms with Crippen LogP contribution in [-0.2, 0) is 10.0 Å². The molecule has 0 spiro atoms. The number of likely N-dealkylation sites (tertiary alicyclic amines) is 1. The fraction of sp³-hybridized carbons (Fsp3) is 0.208. The van der Waals surface area contributed by atoms with Crippen LogP contribution in [0.2, 0.25) is 5.02 Å². The third-order valence-corrected chi connectivity index (χ3v) is 7.26. The summed E-state index contributed by atoms with van der Waals surface area (Å²) < 4.78 is 57.3. The maximum atomic E-state index is 14.5. The summed E-state index contributed by atoms with van der Waals surface area (Å²) in [6.07, 6.45) is 1.66. The van der Waals surface area contributed by atoms with Crippen molar-refractivity contribution in [2.75, 3.05) is 17.8 Å². The number of anilines is 1. The van der Waals surface area contributed by atoms with Crippen LogP contribution >= 0.6 is 11.6 Å². The Kier molecular flexibility index (Phi) is 6.51. The highest BCUT2D eigenvalue weighted by Gasteiger charge is 2.27. The molecule has 0 aromatic heterocycles. The number of rotatable bonds is 5. The lowest BCUT2D eigenvalue weighted by molar-refractivity contribution is 0.0792. The van der Waals surface area contributed by atoms with Gasteiger partial charge in [-0.2, -0.15) is 0 Å². The summed E-state index contributed by atoms with van der Waals surface area (Å²) in [5.74, 6) is -3.22. The molecule has 0 atom stereocenters. The first-order valence-electron chi connectivity index (χ1n) is 10.5. The maximum absolute atomic E-state index is 14.5. The van der Waals surface area contributed by atoms with Crippen LogP contribution in [0.15, 0.2) is 53.4 Å². The van der Waals surface area contributed by atoms with E-state index in [0.717, 1.165) is 30.5 Å². The molecule has 0 aliphatic carbocycles. The van der Waals surface area contributed by atoms with Gasteiger partial charge in [0.2, 0.25) is 0 Å². The number of halogens is 3. The Morgan fingerprint density at radius 3 is 2.44 bits per heavy atom. The third kappa shape index (κ3) is 4.71. The Morgan fingerprint density at radius 2 is 1.76 bits per heavy atom. The molecule has 10 heteroatoms. The van der Waals surface area contributed by atoms with Gasteiger partial charge in [-0.1, -0.05) is 41.4 Å². The number of benzene rings is 3. The van der Waals surface area contributed by atoms with Crippen LogP contribution in [0.4, 0.5) is 14.5 Å². The SMILES string of the molecule is Cc1cccc(-c2cc(NS(=O)(=O)c3cc(C(=O)N4CCCC4)cc(Cl)c3O)c(F)cc2F)c1. The van der Waals surface area contributed by atoms with E-state index in [0.29, 0.717) is 24.7 Å². The van der Waals surface area contributed by atoms with Crippen LogP contribution in [0.5, 0.6) is 5.75 Å². The zero-order valence-corrected chi connectivity index (χ0v) is 19.7. The van der Waals surface area contributed by atoms with E-state index in [9.17, 15) is 27.1 Å². The summed E-state index contributed by atoms with van der Waals surface area (Å²) in [4.78, 5) is 13.6. The molecule has 4 rings (SSSR count). The van der Waals surface area contributed by atoms with Crippen molar-refractivity contribution < 1.29 is 27.1 Å². The van der Waals surface area contributed by atoms with E-state index >= 15 is 0 Å². The standard InChI is InChI=1S/C24H21ClF2N2O4S/c1-14-5-4-6-15(9-14)17-12-21(20(27)13-19(17)26)28-34(32,33)22-11-16(10-18(25)23(22)30)24(31)29-7-2-3-8-29/h4-6,9-13,28,30H,2-3,7-8H2,1H3. The molecule has 0 bridgehead atoms. The Labute approximate surface area is 200 Å². The Bertz CT molecular complexity index is 1390. The number of hydrogen-bond donors (Lipinski definition) is 2. The summed E-state index contributed by atoms with van der Waals surface area (Å²) in [5, 5.41) is 9.99. The number of aryl methyl sites for hydroxylation is 1. The van der Waals surface area contributed by atoms with Crippen LogP contribution < -0.4 is 4.72 Å². The third-order valence-electron chi connectivity index (χ3n) is 5.59. The van der Waals surface area contributed by atoms with Crippen molar-refractivity contribution in [3.8, 4) is 16.9 Å². The van der Waals surface area contributed by atoms with Gasteiger partial charge in [0, 0.05) is 30.3 Å². The van der Waals surface area contributed by atoms with E-state index in [1.807, 2.05) is 4.72 Å². The number of carbonyl (C=O) groups excluding carboxylic acids is 1. The average Bonchev–Trinajstić information content (AvgIpc) is 3.31. The smallest absolute Gasteiger partial charge is 0.265 e. The lowest BCUT2D eigenvalue weighted by Crippen LogP contribution is -2.28. The molecular formula is C24H21ClF2N2O4S. The Balaban J connectivity index is 1.74. The number of amides is 1. The van der Waals surface area contributed by atoms with E-state index in [1.165, 1.54) is 6.07 Å². The van der Waals surface area contributed by atoms with Gasteiger partial charge >= 0.3 is 0 Å². The first-order valence-corrected chi connectivity index (χ1v) is 12.3.